The number of benzene rings is 1. The number of nitrogens with one attached hydrogen (secondary N) is 2. The Bertz CT molecular complexity index is 1400. The van der Waals surface area contributed by atoms with Gasteiger partial charge >= 0.3 is 0 Å². The summed E-state index contributed by atoms with van der Waals surface area (Å²) in [5, 5.41) is 30.4. The van der Waals surface area contributed by atoms with Crippen LogP contribution in [0.1, 0.15) is 62.5 Å². The third-order valence-electron chi connectivity index (χ3n) is 11.0. The van der Waals surface area contributed by atoms with E-state index in [9.17, 15) is 29.4 Å². The van der Waals surface area contributed by atoms with Gasteiger partial charge in [-0.3, -0.25) is 19.2 Å². The van der Waals surface area contributed by atoms with Gasteiger partial charge in [0.15, 0.2) is 0 Å². The first-order valence-electron chi connectivity index (χ1n) is 18.2. The van der Waals surface area contributed by atoms with Crippen molar-refractivity contribution in [3.63, 3.8) is 0 Å². The van der Waals surface area contributed by atoms with Crippen LogP contribution < -0.4 is 22.1 Å². The number of nitrogens with zero attached hydrogens (tertiary/aromatic N) is 2. The molecule has 2 unspecified atom stereocenters. The molecule has 5 rings (SSSR count). The number of piperazine rings is 2. The maximum atomic E-state index is 13.9. The topological polar surface area (TPSA) is 191 Å². The first-order chi connectivity index (χ1) is 24.1. The minimum absolute atomic E-state index is 0. The second-order valence-corrected chi connectivity index (χ2v) is 14.2. The van der Waals surface area contributed by atoms with Gasteiger partial charge in [-0.2, -0.15) is 0 Å². The Kier molecular flexibility index (Phi) is 16.6. The number of hydrogen-bond acceptors (Lipinski definition) is 10. The molecule has 52 heavy (non-hydrogen) atoms. The van der Waals surface area contributed by atoms with Gasteiger partial charge in [0.1, 0.15) is 0 Å². The fourth-order valence-electron chi connectivity index (χ4n) is 7.47. The predicted octanol–water partition coefficient (Wildman–Crippen LogP) is 0.444. The molecular formula is C38H54Cl2N6O6. The molecule has 2 aliphatic carbocycles. The number of aliphatic hydroxyl groups is 2. The summed E-state index contributed by atoms with van der Waals surface area (Å²) in [4.78, 5) is 57.2. The van der Waals surface area contributed by atoms with Gasteiger partial charge in [-0.1, -0.05) is 24.3 Å². The molecule has 8 N–H and O–H groups in total. The summed E-state index contributed by atoms with van der Waals surface area (Å²) in [7, 11) is 0. The summed E-state index contributed by atoms with van der Waals surface area (Å²) in [5.41, 5.74) is 7.10. The highest BCUT2D eigenvalue weighted by Gasteiger charge is 2.43. The Morgan fingerprint density at radius 3 is 1.21 bits per heavy atom. The third-order valence-corrected chi connectivity index (χ3v) is 11.0. The van der Waals surface area contributed by atoms with Crippen molar-refractivity contribution < 1.29 is 29.4 Å². The van der Waals surface area contributed by atoms with Crippen molar-refractivity contribution in [1.29, 1.82) is 0 Å². The Morgan fingerprint density at radius 2 is 0.923 bits per heavy atom. The number of Topliss-reactive ketones (excluding diaryl/α,β-unsaturated/α-hetero) is 2. The number of carbonyl (C=O) groups is 4. The lowest BCUT2D eigenvalue weighted by molar-refractivity contribution is -0.148. The summed E-state index contributed by atoms with van der Waals surface area (Å²) in [6.45, 7) is 4.76. The van der Waals surface area contributed by atoms with Crippen molar-refractivity contribution in [3.05, 3.63) is 35.4 Å². The van der Waals surface area contributed by atoms with Crippen molar-refractivity contribution >= 4 is 48.2 Å². The summed E-state index contributed by atoms with van der Waals surface area (Å²) in [5.74, 6) is 8.74. The lowest BCUT2D eigenvalue weighted by Crippen LogP contribution is -2.53. The average molecular weight is 762 g/mol. The minimum atomic E-state index is -2.36. The zero-order chi connectivity index (χ0) is 35.7. The van der Waals surface area contributed by atoms with E-state index < -0.39 is 23.0 Å². The number of hydrogen-bond donors (Lipinski definition) is 6. The van der Waals surface area contributed by atoms with Crippen molar-refractivity contribution in [2.45, 2.75) is 62.6 Å². The van der Waals surface area contributed by atoms with E-state index in [2.05, 4.69) is 34.3 Å². The van der Waals surface area contributed by atoms with Crippen LogP contribution in [0.25, 0.3) is 0 Å². The summed E-state index contributed by atoms with van der Waals surface area (Å²) >= 11 is 0. The first-order valence-corrected chi connectivity index (χ1v) is 18.2. The van der Waals surface area contributed by atoms with Crippen LogP contribution in [-0.4, -0.2) is 109 Å². The minimum Gasteiger partial charge on any atom is -0.366 e. The van der Waals surface area contributed by atoms with Gasteiger partial charge in [-0.05, 0) is 100.0 Å². The number of ketones is 2. The maximum Gasteiger partial charge on any atom is 0.272 e. The van der Waals surface area contributed by atoms with Gasteiger partial charge in [0, 0.05) is 75.3 Å². The molecular weight excluding hydrogens is 707 g/mol. The quantitative estimate of drug-likeness (QED) is 0.160. The molecule has 4 fully saturated rings. The second kappa shape index (κ2) is 19.9. The van der Waals surface area contributed by atoms with Gasteiger partial charge in [-0.25, -0.2) is 0 Å². The van der Waals surface area contributed by atoms with Crippen LogP contribution in [0.5, 0.6) is 0 Å². The van der Waals surface area contributed by atoms with Crippen LogP contribution in [0, 0.1) is 47.4 Å². The van der Waals surface area contributed by atoms with Crippen LogP contribution in [0.2, 0.25) is 0 Å². The van der Waals surface area contributed by atoms with Crippen LogP contribution in [0.3, 0.4) is 0 Å². The Morgan fingerprint density at radius 1 is 0.615 bits per heavy atom. The number of rotatable bonds is 8. The number of amides is 2. The van der Waals surface area contributed by atoms with E-state index in [1.54, 1.807) is 0 Å². The van der Waals surface area contributed by atoms with E-state index in [0.29, 0.717) is 103 Å². The van der Waals surface area contributed by atoms with Gasteiger partial charge < -0.3 is 42.1 Å². The van der Waals surface area contributed by atoms with Gasteiger partial charge in [0.05, 0.1) is 0 Å². The number of nitrogens with two attached hydrogens (primary N) is 2. The van der Waals surface area contributed by atoms with Crippen LogP contribution >= 0.6 is 24.8 Å². The van der Waals surface area contributed by atoms with E-state index in [-0.39, 0.29) is 59.3 Å². The van der Waals surface area contributed by atoms with E-state index in [1.165, 1.54) is 34.1 Å². The van der Waals surface area contributed by atoms with E-state index >= 15 is 0 Å². The van der Waals surface area contributed by atoms with Gasteiger partial charge in [0.25, 0.3) is 11.8 Å². The molecule has 14 heteroatoms. The summed E-state index contributed by atoms with van der Waals surface area (Å²) in [6.07, 6.45) is 5.97. The monoisotopic (exact) mass is 760 g/mol. The molecule has 1 aromatic rings. The van der Waals surface area contributed by atoms with E-state index in [1.807, 2.05) is 0 Å². The summed E-state index contributed by atoms with van der Waals surface area (Å²) < 4.78 is 0. The molecule has 2 amide bonds. The largest absolute Gasteiger partial charge is 0.366 e. The molecule has 0 radical (unpaired) electrons. The lowest BCUT2D eigenvalue weighted by Gasteiger charge is -2.34. The Hall–Kier alpha value is -3.04. The summed E-state index contributed by atoms with van der Waals surface area (Å²) in [6, 6.07) is 5.70. The Balaban J connectivity index is 0.00000364. The predicted molar refractivity (Wildman–Crippen MR) is 202 cm³/mol. The average Bonchev–Trinajstić information content (AvgIpc) is 3.18. The van der Waals surface area contributed by atoms with Crippen LogP contribution in [-0.2, 0) is 30.4 Å². The number of carbonyl (C=O) groups excluding carboxylic acids is 4. The lowest BCUT2D eigenvalue weighted by atomic mass is 9.80. The van der Waals surface area contributed by atoms with Crippen molar-refractivity contribution in [2.75, 3.05) is 65.4 Å². The molecule has 286 valence electrons. The van der Waals surface area contributed by atoms with E-state index in [4.69, 9.17) is 11.5 Å². The molecule has 2 saturated heterocycles. The SMILES string of the molecule is Cl.Cl.NCC1CCC(C(=O)C#CC(O)(C(=O)N2CCNCC2)c2ccc(C(O)(C#CC(=O)C3CCC(CN)CC3)C(=O)N3CCNCC3)cc2)CC1. The zero-order valence-electron chi connectivity index (χ0n) is 29.7. The van der Waals surface area contributed by atoms with Crippen molar-refractivity contribution in [3.8, 4) is 23.7 Å². The normalized spacial score (nSPS) is 25.5. The standard InChI is InChI=1S/C38H52N6O6.2ClH/c39-25-27-1-5-29(6-2-27)33(45)13-15-37(49,35(47)43-21-17-41-18-22-43)31-9-11-32(12-10-31)38(50,36(48)44-23-19-42-20-24-44)16-14-34(46)30-7-3-28(26-40)4-8-30;;/h9-12,27-30,41-42,49-50H,1-8,17-26,39-40H2;2*1H. The van der Waals surface area contributed by atoms with Crippen LogP contribution in [0.4, 0.5) is 0 Å². The Labute approximate surface area is 319 Å². The van der Waals surface area contributed by atoms with Gasteiger partial charge in [0.2, 0.25) is 22.8 Å². The smallest absolute Gasteiger partial charge is 0.272 e. The fraction of sp³-hybridized carbons (Fsp3) is 0.632. The third kappa shape index (κ3) is 10.1. The molecule has 0 spiro atoms. The molecule has 2 aliphatic heterocycles. The highest BCUT2D eigenvalue weighted by Crippen LogP contribution is 2.32. The van der Waals surface area contributed by atoms with Crippen LogP contribution in [0.15, 0.2) is 24.3 Å². The molecule has 12 nitrogen and oxygen atoms in total. The number of halogens is 2. The highest BCUT2D eigenvalue weighted by molar-refractivity contribution is 6.00. The molecule has 4 aliphatic rings. The molecule has 2 atom stereocenters. The molecule has 0 bridgehead atoms. The second-order valence-electron chi connectivity index (χ2n) is 14.2. The molecule has 0 aromatic heterocycles. The first kappa shape index (κ1) is 43.4. The zero-order valence-corrected chi connectivity index (χ0v) is 31.4. The molecule has 1 aromatic carbocycles. The van der Waals surface area contributed by atoms with E-state index in [0.717, 1.165) is 25.7 Å². The highest BCUT2D eigenvalue weighted by atomic mass is 35.5. The van der Waals surface area contributed by atoms with Gasteiger partial charge in [-0.15, -0.1) is 24.8 Å². The fourth-order valence-corrected chi connectivity index (χ4v) is 7.47. The van der Waals surface area contributed by atoms with Crippen molar-refractivity contribution in [2.24, 2.45) is 35.1 Å². The molecule has 2 heterocycles. The maximum absolute atomic E-state index is 13.9. The molecule has 2 saturated carbocycles. The van der Waals surface area contributed by atoms with Crippen molar-refractivity contribution in [1.82, 2.24) is 20.4 Å².